The molecule has 2 atom stereocenters. The first-order chi connectivity index (χ1) is 11.7. The number of carbonyl (C=O) groups is 1. The van der Waals surface area contributed by atoms with E-state index in [1.54, 1.807) is 45.9 Å². The molecule has 0 bridgehead atoms. The molecule has 0 saturated heterocycles. The largest absolute Gasteiger partial charge is 0.483 e. The number of hydrogen-bond donors (Lipinski definition) is 1. The van der Waals surface area contributed by atoms with Gasteiger partial charge < -0.3 is 19.0 Å². The molecule has 1 aromatic heterocycles. The summed E-state index contributed by atoms with van der Waals surface area (Å²) in [5.74, 6) is -0.0846. The number of rotatable bonds is 3. The van der Waals surface area contributed by atoms with E-state index >= 15 is 0 Å². The Hall–Kier alpha value is -2.60. The Morgan fingerprint density at radius 1 is 1.28 bits per heavy atom. The summed E-state index contributed by atoms with van der Waals surface area (Å²) in [5, 5.41) is 11.3. The number of aliphatic hydroxyl groups is 1. The quantitative estimate of drug-likeness (QED) is 0.523. The van der Waals surface area contributed by atoms with Crippen LogP contribution in [0.3, 0.4) is 0 Å². The Kier molecular flexibility index (Phi) is 4.16. The van der Waals surface area contributed by atoms with E-state index in [4.69, 9.17) is 13.9 Å². The Balaban J connectivity index is 1.92. The van der Waals surface area contributed by atoms with Gasteiger partial charge >= 0.3 is 11.6 Å². The van der Waals surface area contributed by atoms with Crippen LogP contribution in [0.25, 0.3) is 11.0 Å². The average Bonchev–Trinajstić information content (AvgIpc) is 2.81. The summed E-state index contributed by atoms with van der Waals surface area (Å²) in [6.45, 7) is 6.96. The SMILES string of the molecule is CC(C)=CC(=O)OC(C)(C)[C@H]1Oc2cc3oc(=O)ccc3cc2[C@H]1O. The molecule has 0 aliphatic carbocycles. The molecule has 0 fully saturated rings. The van der Waals surface area contributed by atoms with Gasteiger partial charge in [0.15, 0.2) is 6.10 Å². The maximum Gasteiger partial charge on any atom is 0.336 e. The van der Waals surface area contributed by atoms with Gasteiger partial charge in [0.05, 0.1) is 0 Å². The first-order valence-electron chi connectivity index (χ1n) is 7.98. The fourth-order valence-corrected chi connectivity index (χ4v) is 2.92. The van der Waals surface area contributed by atoms with E-state index < -0.39 is 29.4 Å². The van der Waals surface area contributed by atoms with E-state index in [2.05, 4.69) is 0 Å². The number of esters is 1. The molecule has 132 valence electrons. The Labute approximate surface area is 144 Å². The van der Waals surface area contributed by atoms with Crippen molar-refractivity contribution >= 4 is 16.9 Å². The molecule has 3 rings (SSSR count). The number of carbonyl (C=O) groups excluding carboxylic acids is 1. The molecule has 1 N–H and O–H groups in total. The summed E-state index contributed by atoms with van der Waals surface area (Å²) in [6.07, 6.45) is -0.361. The van der Waals surface area contributed by atoms with Crippen molar-refractivity contribution in [2.75, 3.05) is 0 Å². The fraction of sp³-hybridized carbons (Fsp3) is 0.368. The first-order valence-corrected chi connectivity index (χ1v) is 7.98. The summed E-state index contributed by atoms with van der Waals surface area (Å²) < 4.78 is 16.4. The van der Waals surface area contributed by atoms with Crippen LogP contribution in [-0.2, 0) is 9.53 Å². The molecule has 0 spiro atoms. The smallest absolute Gasteiger partial charge is 0.336 e. The highest BCUT2D eigenvalue weighted by atomic mass is 16.6. The molecular formula is C19H20O6. The third-order valence-corrected chi connectivity index (χ3v) is 4.07. The molecule has 1 aromatic carbocycles. The Bertz CT molecular complexity index is 917. The molecule has 1 aliphatic rings. The van der Waals surface area contributed by atoms with Crippen molar-refractivity contribution < 1.29 is 23.8 Å². The second-order valence-corrected chi connectivity index (χ2v) is 6.91. The summed E-state index contributed by atoms with van der Waals surface area (Å²) in [5.41, 5.74) is 0.238. The molecule has 2 aromatic rings. The topological polar surface area (TPSA) is 86.0 Å². The van der Waals surface area contributed by atoms with Gasteiger partial charge in [-0.2, -0.15) is 0 Å². The standard InChI is InChI=1S/C19H20O6/c1-10(2)7-16(21)25-19(3,4)18-17(22)12-8-11-5-6-15(20)23-13(11)9-14(12)24-18/h5-9,17-18,22H,1-4H3/t17-,18+/m1/s1. The van der Waals surface area contributed by atoms with Gasteiger partial charge in [-0.05, 0) is 39.8 Å². The van der Waals surface area contributed by atoms with E-state index in [9.17, 15) is 14.7 Å². The van der Waals surface area contributed by atoms with E-state index in [-0.39, 0.29) is 0 Å². The second-order valence-electron chi connectivity index (χ2n) is 6.91. The molecule has 2 heterocycles. The van der Waals surface area contributed by atoms with Crippen molar-refractivity contribution in [1.82, 2.24) is 0 Å². The number of hydrogen-bond acceptors (Lipinski definition) is 6. The number of fused-ring (bicyclic) bond motifs is 2. The van der Waals surface area contributed by atoms with Crippen molar-refractivity contribution in [3.63, 3.8) is 0 Å². The van der Waals surface area contributed by atoms with Crippen LogP contribution in [0, 0.1) is 0 Å². The van der Waals surface area contributed by atoms with Crippen LogP contribution in [-0.4, -0.2) is 22.8 Å². The number of benzene rings is 1. The van der Waals surface area contributed by atoms with Crippen molar-refractivity contribution in [3.05, 3.63) is 51.9 Å². The lowest BCUT2D eigenvalue weighted by Crippen LogP contribution is -2.45. The highest BCUT2D eigenvalue weighted by Crippen LogP contribution is 2.43. The molecule has 1 aliphatic heterocycles. The monoisotopic (exact) mass is 344 g/mol. The van der Waals surface area contributed by atoms with E-state index in [1.807, 2.05) is 0 Å². The molecule has 0 amide bonds. The van der Waals surface area contributed by atoms with Crippen molar-refractivity contribution in [2.24, 2.45) is 0 Å². The molecule has 0 unspecified atom stereocenters. The van der Waals surface area contributed by atoms with Crippen LogP contribution in [0.15, 0.2) is 45.1 Å². The summed E-state index contributed by atoms with van der Waals surface area (Å²) in [4.78, 5) is 23.3. The highest BCUT2D eigenvalue weighted by Gasteiger charge is 2.46. The predicted octanol–water partition coefficient (Wildman–Crippen LogP) is 2.88. The lowest BCUT2D eigenvalue weighted by molar-refractivity contribution is -0.164. The molecule has 6 heteroatoms. The van der Waals surface area contributed by atoms with Gasteiger partial charge in [-0.15, -0.1) is 0 Å². The third-order valence-electron chi connectivity index (χ3n) is 4.07. The van der Waals surface area contributed by atoms with Crippen LogP contribution in [0.4, 0.5) is 0 Å². The lowest BCUT2D eigenvalue weighted by Gasteiger charge is -2.32. The summed E-state index contributed by atoms with van der Waals surface area (Å²) >= 11 is 0. The van der Waals surface area contributed by atoms with Gasteiger partial charge in [-0.25, -0.2) is 9.59 Å². The second kappa shape index (κ2) is 6.04. The Morgan fingerprint density at radius 3 is 2.68 bits per heavy atom. The minimum absolute atomic E-state index is 0.374. The average molecular weight is 344 g/mol. The van der Waals surface area contributed by atoms with Crippen LogP contribution < -0.4 is 10.4 Å². The summed E-state index contributed by atoms with van der Waals surface area (Å²) in [6, 6.07) is 6.23. The van der Waals surface area contributed by atoms with E-state index in [1.165, 1.54) is 12.1 Å². The summed E-state index contributed by atoms with van der Waals surface area (Å²) in [7, 11) is 0. The maximum atomic E-state index is 11.9. The number of allylic oxidation sites excluding steroid dienone is 1. The first kappa shape index (κ1) is 17.2. The minimum Gasteiger partial charge on any atom is -0.483 e. The van der Waals surface area contributed by atoms with Crippen LogP contribution in [0.1, 0.15) is 39.4 Å². The molecule has 25 heavy (non-hydrogen) atoms. The zero-order valence-corrected chi connectivity index (χ0v) is 14.5. The fourth-order valence-electron chi connectivity index (χ4n) is 2.92. The molecular weight excluding hydrogens is 324 g/mol. The van der Waals surface area contributed by atoms with Gasteiger partial charge in [0, 0.05) is 29.2 Å². The van der Waals surface area contributed by atoms with Crippen molar-refractivity contribution in [3.8, 4) is 5.75 Å². The van der Waals surface area contributed by atoms with Gasteiger partial charge in [0.1, 0.15) is 23.0 Å². The molecule has 0 radical (unpaired) electrons. The normalized spacial score (nSPS) is 19.2. The van der Waals surface area contributed by atoms with E-state index in [0.717, 1.165) is 5.57 Å². The minimum atomic E-state index is -1.06. The molecule has 0 saturated carbocycles. The van der Waals surface area contributed by atoms with Gasteiger partial charge in [0.25, 0.3) is 0 Å². The van der Waals surface area contributed by atoms with Crippen LogP contribution >= 0.6 is 0 Å². The van der Waals surface area contributed by atoms with Crippen LogP contribution in [0.2, 0.25) is 0 Å². The zero-order valence-electron chi connectivity index (χ0n) is 14.5. The maximum absolute atomic E-state index is 11.9. The predicted molar refractivity (Wildman–Crippen MR) is 91.5 cm³/mol. The van der Waals surface area contributed by atoms with Crippen LogP contribution in [0.5, 0.6) is 5.75 Å². The lowest BCUT2D eigenvalue weighted by atomic mass is 9.93. The Morgan fingerprint density at radius 2 is 2.00 bits per heavy atom. The number of ether oxygens (including phenoxy) is 2. The van der Waals surface area contributed by atoms with Gasteiger partial charge in [-0.3, -0.25) is 0 Å². The van der Waals surface area contributed by atoms with E-state index in [0.29, 0.717) is 22.3 Å². The van der Waals surface area contributed by atoms with Gasteiger partial charge in [0.2, 0.25) is 0 Å². The third kappa shape index (κ3) is 3.30. The van der Waals surface area contributed by atoms with Crippen molar-refractivity contribution in [2.45, 2.75) is 45.5 Å². The number of aliphatic hydroxyl groups excluding tert-OH is 1. The molecule has 6 nitrogen and oxygen atoms in total. The highest BCUT2D eigenvalue weighted by molar-refractivity contribution is 5.83. The van der Waals surface area contributed by atoms with Gasteiger partial charge in [-0.1, -0.05) is 5.57 Å². The van der Waals surface area contributed by atoms with Crippen molar-refractivity contribution in [1.29, 1.82) is 0 Å². The zero-order chi connectivity index (χ0) is 18.4.